The van der Waals surface area contributed by atoms with Crippen molar-refractivity contribution in [2.45, 2.75) is 25.3 Å². The zero-order chi connectivity index (χ0) is 14.1. The first-order valence-corrected chi connectivity index (χ1v) is 7.65. The molecule has 126 valence electrons. The molecule has 1 aromatic carbocycles. The van der Waals surface area contributed by atoms with Gasteiger partial charge < -0.3 is 10.4 Å². The van der Waals surface area contributed by atoms with Crippen LogP contribution in [0.15, 0.2) is 12.1 Å². The molecule has 1 atom stereocenters. The Labute approximate surface area is 148 Å². The molecule has 22 heavy (non-hydrogen) atoms. The third kappa shape index (κ3) is 4.62. The fourth-order valence-corrected chi connectivity index (χ4v) is 3.19. The van der Waals surface area contributed by atoms with Gasteiger partial charge in [-0.25, -0.2) is 4.39 Å². The molecule has 3 rings (SSSR count). The van der Waals surface area contributed by atoms with Crippen molar-refractivity contribution in [1.29, 1.82) is 0 Å². The van der Waals surface area contributed by atoms with E-state index < -0.39 is 0 Å². The summed E-state index contributed by atoms with van der Waals surface area (Å²) in [6, 6.07) is 2.68. The minimum atomic E-state index is -0.376. The van der Waals surface area contributed by atoms with Gasteiger partial charge >= 0.3 is 0 Å². The molecular formula is C15H22Cl3FN2O. The maximum Gasteiger partial charge on any atom is 0.139 e. The Morgan fingerprint density at radius 2 is 1.91 bits per heavy atom. The van der Waals surface area contributed by atoms with E-state index in [9.17, 15) is 9.50 Å². The van der Waals surface area contributed by atoms with Crippen LogP contribution in [0, 0.1) is 11.7 Å². The van der Waals surface area contributed by atoms with Crippen LogP contribution >= 0.6 is 36.4 Å². The molecule has 1 aromatic rings. The molecule has 1 saturated carbocycles. The summed E-state index contributed by atoms with van der Waals surface area (Å²) in [5.41, 5.74) is 0.642. The SMILES string of the molecule is Cl.Cl.Oc1c(Cl)cc(F)cc1[C@H](CC1CC1)N1CCNCC1. The normalized spacial score (nSPS) is 19.9. The number of nitrogens with one attached hydrogen (secondary N) is 1. The smallest absolute Gasteiger partial charge is 0.139 e. The van der Waals surface area contributed by atoms with Gasteiger partial charge in [-0.15, -0.1) is 24.8 Å². The number of hydrogen-bond acceptors (Lipinski definition) is 3. The lowest BCUT2D eigenvalue weighted by atomic mass is 9.97. The summed E-state index contributed by atoms with van der Waals surface area (Å²) in [7, 11) is 0. The third-order valence-electron chi connectivity index (χ3n) is 4.26. The van der Waals surface area contributed by atoms with Crippen LogP contribution in [0.2, 0.25) is 5.02 Å². The van der Waals surface area contributed by atoms with Crippen LogP contribution in [0.5, 0.6) is 5.75 Å². The Bertz CT molecular complexity index is 494. The van der Waals surface area contributed by atoms with E-state index in [4.69, 9.17) is 11.6 Å². The Morgan fingerprint density at radius 3 is 2.50 bits per heavy atom. The maximum absolute atomic E-state index is 13.7. The largest absolute Gasteiger partial charge is 0.506 e. The average Bonchev–Trinajstić information content (AvgIpc) is 3.25. The lowest BCUT2D eigenvalue weighted by Gasteiger charge is -2.35. The predicted molar refractivity (Wildman–Crippen MR) is 92.1 cm³/mol. The predicted octanol–water partition coefficient (Wildman–Crippen LogP) is 3.77. The van der Waals surface area contributed by atoms with Crippen molar-refractivity contribution in [3.63, 3.8) is 0 Å². The highest BCUT2D eigenvalue weighted by Crippen LogP contribution is 2.44. The first-order valence-electron chi connectivity index (χ1n) is 7.28. The van der Waals surface area contributed by atoms with Crippen molar-refractivity contribution < 1.29 is 9.50 Å². The van der Waals surface area contributed by atoms with Gasteiger partial charge in [-0.2, -0.15) is 0 Å². The molecule has 1 saturated heterocycles. The molecule has 7 heteroatoms. The lowest BCUT2D eigenvalue weighted by molar-refractivity contribution is 0.158. The first-order chi connectivity index (χ1) is 9.65. The highest BCUT2D eigenvalue weighted by atomic mass is 35.5. The minimum Gasteiger partial charge on any atom is -0.506 e. The quantitative estimate of drug-likeness (QED) is 0.845. The van der Waals surface area contributed by atoms with Crippen LogP contribution in [-0.4, -0.2) is 36.2 Å². The van der Waals surface area contributed by atoms with E-state index in [1.54, 1.807) is 0 Å². The number of nitrogens with zero attached hydrogens (tertiary/aromatic N) is 1. The summed E-state index contributed by atoms with van der Waals surface area (Å²) in [5.74, 6) is 0.368. The molecule has 0 aromatic heterocycles. The number of aromatic hydroxyl groups is 1. The van der Waals surface area contributed by atoms with Gasteiger partial charge in [0.05, 0.1) is 5.02 Å². The van der Waals surface area contributed by atoms with Gasteiger partial charge in [0, 0.05) is 37.8 Å². The Balaban J connectivity index is 0.00000121. The van der Waals surface area contributed by atoms with Crippen molar-refractivity contribution in [3.05, 3.63) is 28.5 Å². The van der Waals surface area contributed by atoms with Crippen LogP contribution in [0.1, 0.15) is 30.9 Å². The molecule has 0 unspecified atom stereocenters. The summed E-state index contributed by atoms with van der Waals surface area (Å²) >= 11 is 5.93. The van der Waals surface area contributed by atoms with Crippen molar-refractivity contribution >= 4 is 36.4 Å². The molecule has 0 spiro atoms. The van der Waals surface area contributed by atoms with Gasteiger partial charge in [0.15, 0.2) is 0 Å². The van der Waals surface area contributed by atoms with Crippen LogP contribution in [0.3, 0.4) is 0 Å². The summed E-state index contributed by atoms with van der Waals surface area (Å²) < 4.78 is 13.7. The topological polar surface area (TPSA) is 35.5 Å². The number of phenolic OH excluding ortho intramolecular Hbond substituents is 1. The van der Waals surface area contributed by atoms with Crippen LogP contribution in [0.25, 0.3) is 0 Å². The van der Waals surface area contributed by atoms with E-state index in [0.717, 1.165) is 32.6 Å². The Hall–Kier alpha value is -0.260. The minimum absolute atomic E-state index is 0. The molecule has 1 aliphatic carbocycles. The number of phenols is 1. The highest BCUT2D eigenvalue weighted by molar-refractivity contribution is 6.32. The number of hydrogen-bond donors (Lipinski definition) is 2. The maximum atomic E-state index is 13.7. The third-order valence-corrected chi connectivity index (χ3v) is 4.55. The second-order valence-corrected chi connectivity index (χ2v) is 6.21. The van der Waals surface area contributed by atoms with E-state index in [1.807, 2.05) is 0 Å². The monoisotopic (exact) mass is 370 g/mol. The van der Waals surface area contributed by atoms with Crippen LogP contribution in [0.4, 0.5) is 4.39 Å². The molecular weight excluding hydrogens is 350 g/mol. The van der Waals surface area contributed by atoms with Gasteiger partial charge in [0.25, 0.3) is 0 Å². The molecule has 2 N–H and O–H groups in total. The number of piperazine rings is 1. The number of benzene rings is 1. The summed E-state index contributed by atoms with van der Waals surface area (Å²) in [4.78, 5) is 2.33. The van der Waals surface area contributed by atoms with E-state index >= 15 is 0 Å². The number of rotatable bonds is 4. The highest BCUT2D eigenvalue weighted by Gasteiger charge is 2.32. The lowest BCUT2D eigenvalue weighted by Crippen LogP contribution is -2.45. The van der Waals surface area contributed by atoms with Crippen molar-refractivity contribution in [3.8, 4) is 5.75 Å². The molecule has 1 heterocycles. The molecule has 0 radical (unpaired) electrons. The van der Waals surface area contributed by atoms with Crippen molar-refractivity contribution in [2.75, 3.05) is 26.2 Å². The zero-order valence-electron chi connectivity index (χ0n) is 12.2. The Kier molecular flexibility index (Phi) is 7.69. The van der Waals surface area contributed by atoms with E-state index in [1.165, 1.54) is 25.0 Å². The van der Waals surface area contributed by atoms with Crippen molar-refractivity contribution in [2.24, 2.45) is 5.92 Å². The Morgan fingerprint density at radius 1 is 1.27 bits per heavy atom. The van der Waals surface area contributed by atoms with Gasteiger partial charge in [0.2, 0.25) is 0 Å². The van der Waals surface area contributed by atoms with E-state index in [0.29, 0.717) is 11.5 Å². The molecule has 1 aliphatic heterocycles. The number of halogens is 4. The average molecular weight is 372 g/mol. The van der Waals surface area contributed by atoms with Crippen molar-refractivity contribution in [1.82, 2.24) is 10.2 Å². The molecule has 3 nitrogen and oxygen atoms in total. The molecule has 0 bridgehead atoms. The van der Waals surface area contributed by atoms with Gasteiger partial charge in [-0.05, 0) is 24.5 Å². The first kappa shape index (κ1) is 19.8. The summed E-state index contributed by atoms with van der Waals surface area (Å²) in [6.45, 7) is 3.71. The molecule has 2 fully saturated rings. The summed E-state index contributed by atoms with van der Waals surface area (Å²) in [6.07, 6.45) is 3.46. The van der Waals surface area contributed by atoms with Crippen LogP contribution < -0.4 is 5.32 Å². The second kappa shape index (κ2) is 8.55. The van der Waals surface area contributed by atoms with Gasteiger partial charge in [0.1, 0.15) is 11.6 Å². The summed E-state index contributed by atoms with van der Waals surface area (Å²) in [5, 5.41) is 13.6. The van der Waals surface area contributed by atoms with E-state index in [-0.39, 0.29) is 47.4 Å². The molecule has 2 aliphatic rings. The van der Waals surface area contributed by atoms with E-state index in [2.05, 4.69) is 10.2 Å². The molecule has 0 amide bonds. The van der Waals surface area contributed by atoms with Gasteiger partial charge in [-0.1, -0.05) is 24.4 Å². The van der Waals surface area contributed by atoms with Gasteiger partial charge in [-0.3, -0.25) is 4.90 Å². The zero-order valence-corrected chi connectivity index (χ0v) is 14.6. The fraction of sp³-hybridized carbons (Fsp3) is 0.600. The van der Waals surface area contributed by atoms with Crippen LogP contribution in [-0.2, 0) is 0 Å². The second-order valence-electron chi connectivity index (χ2n) is 5.81. The fourth-order valence-electron chi connectivity index (χ4n) is 2.98. The standard InChI is InChI=1S/C15H20ClFN2O.2ClH/c16-13-9-11(17)8-12(15(13)20)14(7-10-1-2-10)19-5-3-18-4-6-19;;/h8-10,14,18,20H,1-7H2;2*1H/t14-;;/m0../s1.